The Bertz CT molecular complexity index is 522. The van der Waals surface area contributed by atoms with Gasteiger partial charge in [0.25, 0.3) is 0 Å². The molecule has 1 unspecified atom stereocenters. The Morgan fingerprint density at radius 1 is 1.56 bits per heavy atom. The number of nitrogens with one attached hydrogen (secondary N) is 2. The van der Waals surface area contributed by atoms with Gasteiger partial charge in [0, 0.05) is 18.1 Å². The van der Waals surface area contributed by atoms with Gasteiger partial charge in [0.05, 0.1) is 12.5 Å². The average molecular weight is 244 g/mol. The number of H-pyrrole nitrogens is 1. The molecule has 0 aliphatic rings. The first kappa shape index (κ1) is 12.2. The topological polar surface area (TPSA) is 83.8 Å². The third-order valence-electron chi connectivity index (χ3n) is 2.62. The van der Waals surface area contributed by atoms with Gasteiger partial charge >= 0.3 is 0 Å². The first-order valence-corrected chi connectivity index (χ1v) is 5.78. The number of nitrogens with two attached hydrogens (primary N) is 1. The van der Waals surface area contributed by atoms with Gasteiger partial charge in [-0.2, -0.15) is 0 Å². The number of imidazole rings is 1. The van der Waals surface area contributed by atoms with E-state index in [9.17, 15) is 4.79 Å². The van der Waals surface area contributed by atoms with Gasteiger partial charge in [-0.1, -0.05) is 12.1 Å². The lowest BCUT2D eigenvalue weighted by atomic mass is 10.1. The van der Waals surface area contributed by atoms with Crippen LogP contribution in [0.2, 0.25) is 0 Å². The van der Waals surface area contributed by atoms with E-state index >= 15 is 0 Å². The summed E-state index contributed by atoms with van der Waals surface area (Å²) in [5.74, 6) is 0.695. The molecule has 0 saturated heterocycles. The minimum absolute atomic E-state index is 0.0514. The van der Waals surface area contributed by atoms with Crippen LogP contribution in [0.5, 0.6) is 0 Å². The average Bonchev–Trinajstić information content (AvgIpc) is 2.81. The lowest BCUT2D eigenvalue weighted by Gasteiger charge is -2.11. The fourth-order valence-corrected chi connectivity index (χ4v) is 1.76. The molecule has 1 heterocycles. The Balaban J connectivity index is 1.93. The van der Waals surface area contributed by atoms with Crippen molar-refractivity contribution in [2.45, 2.75) is 19.4 Å². The molecule has 0 spiro atoms. The number of nitrogens with zero attached hydrogens (tertiary/aromatic N) is 1. The van der Waals surface area contributed by atoms with E-state index in [0.29, 0.717) is 12.1 Å². The second kappa shape index (κ2) is 5.35. The van der Waals surface area contributed by atoms with Crippen molar-refractivity contribution < 1.29 is 4.79 Å². The zero-order valence-electron chi connectivity index (χ0n) is 10.2. The summed E-state index contributed by atoms with van der Waals surface area (Å²) >= 11 is 0. The number of hydrogen-bond donors (Lipinski definition) is 3. The number of carbonyl (C=O) groups excluding carboxylic acids is 1. The molecule has 2 aromatic rings. The van der Waals surface area contributed by atoms with Crippen LogP contribution in [0.1, 0.15) is 24.4 Å². The molecule has 1 amide bonds. The zero-order valence-corrected chi connectivity index (χ0v) is 10.2. The molecular weight excluding hydrogens is 228 g/mol. The monoisotopic (exact) mass is 244 g/mol. The zero-order chi connectivity index (χ0) is 13.0. The van der Waals surface area contributed by atoms with Crippen molar-refractivity contribution in [3.05, 3.63) is 48.0 Å². The van der Waals surface area contributed by atoms with E-state index < -0.39 is 0 Å². The molecule has 94 valence electrons. The van der Waals surface area contributed by atoms with Crippen LogP contribution in [0.15, 0.2) is 36.7 Å². The first-order valence-electron chi connectivity index (χ1n) is 5.78. The Labute approximate surface area is 105 Å². The van der Waals surface area contributed by atoms with Crippen LogP contribution in [-0.2, 0) is 11.2 Å². The minimum Gasteiger partial charge on any atom is -0.399 e. The first-order chi connectivity index (χ1) is 8.65. The second-order valence-electron chi connectivity index (χ2n) is 4.19. The molecule has 0 saturated carbocycles. The lowest BCUT2D eigenvalue weighted by Crippen LogP contribution is -2.28. The molecule has 18 heavy (non-hydrogen) atoms. The van der Waals surface area contributed by atoms with Gasteiger partial charge in [-0.15, -0.1) is 0 Å². The van der Waals surface area contributed by atoms with Gasteiger partial charge in [0.2, 0.25) is 5.91 Å². The van der Waals surface area contributed by atoms with Gasteiger partial charge in [0.1, 0.15) is 5.82 Å². The van der Waals surface area contributed by atoms with Crippen LogP contribution in [0, 0.1) is 0 Å². The fourth-order valence-electron chi connectivity index (χ4n) is 1.76. The molecule has 4 N–H and O–H groups in total. The predicted molar refractivity (Wildman–Crippen MR) is 69.7 cm³/mol. The van der Waals surface area contributed by atoms with Gasteiger partial charge in [-0.05, 0) is 24.6 Å². The third kappa shape index (κ3) is 3.10. The quantitative estimate of drug-likeness (QED) is 0.711. The number of amides is 1. The smallest absolute Gasteiger partial charge is 0.224 e. The summed E-state index contributed by atoms with van der Waals surface area (Å²) < 4.78 is 0. The van der Waals surface area contributed by atoms with E-state index in [1.807, 2.05) is 19.1 Å². The SMILES string of the molecule is CC(NC(=O)Cc1cccc(N)c1)c1ncc[nH]1. The number of nitrogen functional groups attached to an aromatic ring is 1. The molecule has 2 rings (SSSR count). The summed E-state index contributed by atoms with van der Waals surface area (Å²) in [6.45, 7) is 1.89. The highest BCUT2D eigenvalue weighted by molar-refractivity contribution is 5.79. The van der Waals surface area contributed by atoms with Crippen molar-refractivity contribution in [1.82, 2.24) is 15.3 Å². The van der Waals surface area contributed by atoms with E-state index in [0.717, 1.165) is 11.4 Å². The number of anilines is 1. The summed E-state index contributed by atoms with van der Waals surface area (Å²) in [7, 11) is 0. The third-order valence-corrected chi connectivity index (χ3v) is 2.62. The van der Waals surface area contributed by atoms with Gasteiger partial charge in [-0.25, -0.2) is 4.98 Å². The van der Waals surface area contributed by atoms with Crippen molar-refractivity contribution in [2.75, 3.05) is 5.73 Å². The van der Waals surface area contributed by atoms with Crippen LogP contribution >= 0.6 is 0 Å². The maximum atomic E-state index is 11.8. The normalized spacial score (nSPS) is 12.1. The van der Waals surface area contributed by atoms with Crippen molar-refractivity contribution in [3.63, 3.8) is 0 Å². The Morgan fingerprint density at radius 3 is 3.06 bits per heavy atom. The summed E-state index contributed by atoms with van der Waals surface area (Å²) in [4.78, 5) is 18.9. The van der Waals surface area contributed by atoms with Crippen LogP contribution < -0.4 is 11.1 Å². The molecule has 5 nitrogen and oxygen atoms in total. The van der Waals surface area contributed by atoms with Gasteiger partial charge in [0.15, 0.2) is 0 Å². The number of aromatic amines is 1. The largest absolute Gasteiger partial charge is 0.399 e. The highest BCUT2D eigenvalue weighted by Crippen LogP contribution is 2.09. The molecule has 0 bridgehead atoms. The van der Waals surface area contributed by atoms with E-state index in [-0.39, 0.29) is 11.9 Å². The maximum absolute atomic E-state index is 11.8. The standard InChI is InChI=1S/C13H16N4O/c1-9(13-15-5-6-16-13)17-12(18)8-10-3-2-4-11(14)7-10/h2-7,9H,8,14H2,1H3,(H,15,16)(H,17,18). The Kier molecular flexibility index (Phi) is 3.62. The Hall–Kier alpha value is -2.30. The van der Waals surface area contributed by atoms with Crippen LogP contribution in [0.25, 0.3) is 0 Å². The number of hydrogen-bond acceptors (Lipinski definition) is 3. The highest BCUT2D eigenvalue weighted by Gasteiger charge is 2.11. The molecule has 1 aromatic heterocycles. The van der Waals surface area contributed by atoms with E-state index in [2.05, 4.69) is 15.3 Å². The van der Waals surface area contributed by atoms with Crippen LogP contribution in [-0.4, -0.2) is 15.9 Å². The highest BCUT2D eigenvalue weighted by atomic mass is 16.1. The van der Waals surface area contributed by atoms with Crippen molar-refractivity contribution in [2.24, 2.45) is 0 Å². The van der Waals surface area contributed by atoms with Gasteiger partial charge < -0.3 is 16.0 Å². The molecule has 0 radical (unpaired) electrons. The Morgan fingerprint density at radius 2 is 2.39 bits per heavy atom. The van der Waals surface area contributed by atoms with E-state index in [4.69, 9.17) is 5.73 Å². The van der Waals surface area contributed by atoms with E-state index in [1.54, 1.807) is 24.5 Å². The maximum Gasteiger partial charge on any atom is 0.224 e. The number of rotatable bonds is 4. The molecule has 5 heteroatoms. The predicted octanol–water partition coefficient (Wildman–Crippen LogP) is 1.41. The summed E-state index contributed by atoms with van der Waals surface area (Å²) in [5.41, 5.74) is 7.23. The van der Waals surface area contributed by atoms with Crippen molar-refractivity contribution in [3.8, 4) is 0 Å². The number of aromatic nitrogens is 2. The molecule has 0 aliphatic heterocycles. The van der Waals surface area contributed by atoms with Crippen molar-refractivity contribution in [1.29, 1.82) is 0 Å². The molecule has 1 aromatic carbocycles. The summed E-state index contributed by atoms with van der Waals surface area (Å²) in [5, 5.41) is 2.88. The van der Waals surface area contributed by atoms with Crippen molar-refractivity contribution >= 4 is 11.6 Å². The number of carbonyl (C=O) groups is 1. The summed E-state index contributed by atoms with van der Waals surface area (Å²) in [6.07, 6.45) is 3.71. The second-order valence-corrected chi connectivity index (χ2v) is 4.19. The van der Waals surface area contributed by atoms with Crippen LogP contribution in [0.3, 0.4) is 0 Å². The minimum atomic E-state index is -0.131. The number of benzene rings is 1. The molecule has 1 atom stereocenters. The lowest BCUT2D eigenvalue weighted by molar-refractivity contribution is -0.121. The molecule has 0 fully saturated rings. The van der Waals surface area contributed by atoms with Gasteiger partial charge in [-0.3, -0.25) is 4.79 Å². The summed E-state index contributed by atoms with van der Waals surface area (Å²) in [6, 6.07) is 7.19. The van der Waals surface area contributed by atoms with E-state index in [1.165, 1.54) is 0 Å². The fraction of sp³-hybridized carbons (Fsp3) is 0.231. The molecular formula is C13H16N4O. The van der Waals surface area contributed by atoms with Crippen LogP contribution in [0.4, 0.5) is 5.69 Å². The molecule has 0 aliphatic carbocycles.